The molecule has 0 fully saturated rings. The molecule has 16 heavy (non-hydrogen) atoms. The van der Waals surface area contributed by atoms with E-state index in [0.29, 0.717) is 0 Å². The maximum atomic E-state index is 5.50. The Hall–Kier alpha value is -1.13. The van der Waals surface area contributed by atoms with Gasteiger partial charge in [-0.25, -0.2) is 0 Å². The van der Waals surface area contributed by atoms with Crippen LogP contribution in [-0.4, -0.2) is 11.5 Å². The third-order valence-corrected chi connectivity index (χ3v) is 2.99. The molecule has 0 aliphatic rings. The average molecular weight is 281 g/mol. The molecule has 2 aromatic heterocycles. The molecule has 2 heterocycles. The molecule has 1 unspecified atom stereocenters. The first kappa shape index (κ1) is 11.4. The Balaban J connectivity index is 2.35. The zero-order valence-electron chi connectivity index (χ0n) is 8.98. The molecule has 0 bridgehead atoms. The Morgan fingerprint density at radius 2 is 2.38 bits per heavy atom. The van der Waals surface area contributed by atoms with Crippen molar-refractivity contribution >= 4 is 15.9 Å². The van der Waals surface area contributed by atoms with E-state index >= 15 is 0 Å². The summed E-state index contributed by atoms with van der Waals surface area (Å²) < 4.78 is 6.47. The highest BCUT2D eigenvalue weighted by Gasteiger charge is 2.18. The molecule has 0 saturated heterocycles. The van der Waals surface area contributed by atoms with E-state index in [1.807, 2.05) is 24.4 Å². The van der Waals surface area contributed by atoms with Gasteiger partial charge in [0, 0.05) is 12.4 Å². The number of hydrogen-bond donors (Lipinski definition) is 1. The van der Waals surface area contributed by atoms with Crippen LogP contribution in [0.1, 0.15) is 24.3 Å². The molecule has 1 N–H and O–H groups in total. The number of nitrogens with one attached hydrogen (secondary N) is 1. The highest BCUT2D eigenvalue weighted by Crippen LogP contribution is 2.28. The lowest BCUT2D eigenvalue weighted by molar-refractivity contribution is 0.449. The number of hydrogen-bond acceptors (Lipinski definition) is 3. The Labute approximate surface area is 103 Å². The van der Waals surface area contributed by atoms with Crippen LogP contribution in [0.4, 0.5) is 0 Å². The molecule has 0 spiro atoms. The lowest BCUT2D eigenvalue weighted by Crippen LogP contribution is -2.21. The molecule has 0 saturated carbocycles. The number of halogens is 1. The van der Waals surface area contributed by atoms with E-state index in [1.54, 1.807) is 12.5 Å². The Bertz CT molecular complexity index is 441. The van der Waals surface area contributed by atoms with Gasteiger partial charge in [0.05, 0.1) is 16.8 Å². The van der Waals surface area contributed by atoms with Crippen molar-refractivity contribution in [2.45, 2.75) is 13.0 Å². The van der Waals surface area contributed by atoms with E-state index in [4.69, 9.17) is 4.42 Å². The summed E-state index contributed by atoms with van der Waals surface area (Å²) in [6.07, 6.45) is 5.30. The fourth-order valence-electron chi connectivity index (χ4n) is 1.62. The van der Waals surface area contributed by atoms with Gasteiger partial charge >= 0.3 is 0 Å². The normalized spacial score (nSPS) is 12.6. The average Bonchev–Trinajstić information content (AvgIpc) is 2.73. The Morgan fingerprint density at radius 1 is 1.50 bits per heavy atom. The zero-order valence-corrected chi connectivity index (χ0v) is 10.6. The van der Waals surface area contributed by atoms with Gasteiger partial charge in [0.2, 0.25) is 0 Å². The molecule has 0 aliphatic carbocycles. The quantitative estimate of drug-likeness (QED) is 0.935. The van der Waals surface area contributed by atoms with Gasteiger partial charge in [-0.15, -0.1) is 0 Å². The van der Waals surface area contributed by atoms with Gasteiger partial charge in [-0.05, 0) is 40.2 Å². The lowest BCUT2D eigenvalue weighted by Gasteiger charge is -2.15. The largest absolute Gasteiger partial charge is 0.466 e. The summed E-state index contributed by atoms with van der Waals surface area (Å²) in [5.41, 5.74) is 1.10. The van der Waals surface area contributed by atoms with Crippen molar-refractivity contribution < 1.29 is 4.42 Å². The number of pyridine rings is 1. The van der Waals surface area contributed by atoms with E-state index in [-0.39, 0.29) is 6.04 Å². The summed E-state index contributed by atoms with van der Waals surface area (Å²) in [7, 11) is 0. The molecule has 3 nitrogen and oxygen atoms in total. The van der Waals surface area contributed by atoms with E-state index < -0.39 is 0 Å². The molecule has 4 heteroatoms. The maximum absolute atomic E-state index is 5.50. The third kappa shape index (κ3) is 2.33. The van der Waals surface area contributed by atoms with Crippen LogP contribution < -0.4 is 5.32 Å². The molecular formula is C12H13BrN2O. The lowest BCUT2D eigenvalue weighted by atomic mass is 10.1. The van der Waals surface area contributed by atoms with Gasteiger partial charge in [0.1, 0.15) is 5.76 Å². The highest BCUT2D eigenvalue weighted by molar-refractivity contribution is 9.10. The van der Waals surface area contributed by atoms with Crippen molar-refractivity contribution in [2.24, 2.45) is 0 Å². The maximum Gasteiger partial charge on any atom is 0.139 e. The molecule has 2 rings (SSSR count). The van der Waals surface area contributed by atoms with Crippen molar-refractivity contribution in [3.8, 4) is 0 Å². The van der Waals surface area contributed by atoms with Crippen LogP contribution in [0, 0.1) is 0 Å². The standard InChI is InChI=1S/C12H13BrN2O/c1-2-15-11(9-4-3-6-14-8-9)12-10(13)5-7-16-12/h3-8,11,15H,2H2,1H3. The predicted octanol–water partition coefficient (Wildman–Crippen LogP) is 3.14. The molecule has 2 aromatic rings. The molecule has 0 amide bonds. The Morgan fingerprint density at radius 3 is 2.94 bits per heavy atom. The van der Waals surface area contributed by atoms with Crippen LogP contribution >= 0.6 is 15.9 Å². The topological polar surface area (TPSA) is 38.1 Å². The fourth-order valence-corrected chi connectivity index (χ4v) is 2.05. The summed E-state index contributed by atoms with van der Waals surface area (Å²) in [6.45, 7) is 2.94. The van der Waals surface area contributed by atoms with Crippen LogP contribution in [0.5, 0.6) is 0 Å². The van der Waals surface area contributed by atoms with E-state index in [1.165, 1.54) is 0 Å². The van der Waals surface area contributed by atoms with Crippen molar-refractivity contribution in [1.29, 1.82) is 0 Å². The van der Waals surface area contributed by atoms with Crippen LogP contribution in [0.15, 0.2) is 45.7 Å². The van der Waals surface area contributed by atoms with Gasteiger partial charge in [-0.1, -0.05) is 13.0 Å². The van der Waals surface area contributed by atoms with E-state index in [0.717, 1.165) is 22.3 Å². The second-order valence-corrected chi connectivity index (χ2v) is 4.26. The molecule has 0 aliphatic heterocycles. The summed E-state index contributed by atoms with van der Waals surface area (Å²) >= 11 is 3.48. The highest BCUT2D eigenvalue weighted by atomic mass is 79.9. The van der Waals surface area contributed by atoms with Crippen molar-refractivity contribution in [1.82, 2.24) is 10.3 Å². The van der Waals surface area contributed by atoms with E-state index in [2.05, 4.69) is 33.2 Å². The number of aromatic nitrogens is 1. The first-order chi connectivity index (χ1) is 7.83. The summed E-state index contributed by atoms with van der Waals surface area (Å²) in [5, 5.41) is 3.38. The smallest absolute Gasteiger partial charge is 0.139 e. The van der Waals surface area contributed by atoms with E-state index in [9.17, 15) is 0 Å². The predicted molar refractivity (Wildman–Crippen MR) is 66.2 cm³/mol. The van der Waals surface area contributed by atoms with Crippen molar-refractivity contribution in [3.63, 3.8) is 0 Å². The zero-order chi connectivity index (χ0) is 11.4. The minimum Gasteiger partial charge on any atom is -0.466 e. The SMILES string of the molecule is CCNC(c1cccnc1)c1occc1Br. The number of nitrogens with zero attached hydrogens (tertiary/aromatic N) is 1. The first-order valence-corrected chi connectivity index (χ1v) is 5.98. The van der Waals surface area contributed by atoms with Crippen molar-refractivity contribution in [3.05, 3.63) is 52.7 Å². The third-order valence-electron chi connectivity index (χ3n) is 2.33. The van der Waals surface area contributed by atoms with Crippen LogP contribution in [0.2, 0.25) is 0 Å². The van der Waals surface area contributed by atoms with Crippen LogP contribution in [-0.2, 0) is 0 Å². The minimum atomic E-state index is 0.0445. The van der Waals surface area contributed by atoms with Gasteiger partial charge in [-0.3, -0.25) is 4.98 Å². The van der Waals surface area contributed by atoms with Crippen LogP contribution in [0.25, 0.3) is 0 Å². The molecular weight excluding hydrogens is 268 g/mol. The van der Waals surface area contributed by atoms with Gasteiger partial charge in [-0.2, -0.15) is 0 Å². The first-order valence-electron chi connectivity index (χ1n) is 5.19. The number of furan rings is 1. The van der Waals surface area contributed by atoms with Crippen LogP contribution in [0.3, 0.4) is 0 Å². The monoisotopic (exact) mass is 280 g/mol. The van der Waals surface area contributed by atoms with Gasteiger partial charge in [0.15, 0.2) is 0 Å². The minimum absolute atomic E-state index is 0.0445. The summed E-state index contributed by atoms with van der Waals surface area (Å²) in [5.74, 6) is 0.884. The summed E-state index contributed by atoms with van der Waals surface area (Å²) in [4.78, 5) is 4.13. The second-order valence-electron chi connectivity index (χ2n) is 3.41. The van der Waals surface area contributed by atoms with Crippen molar-refractivity contribution in [2.75, 3.05) is 6.54 Å². The summed E-state index contributed by atoms with van der Waals surface area (Å²) in [6, 6.07) is 5.91. The molecule has 1 atom stereocenters. The second kappa shape index (κ2) is 5.27. The molecule has 84 valence electrons. The Kier molecular flexibility index (Phi) is 3.74. The molecule has 0 radical (unpaired) electrons. The fraction of sp³-hybridized carbons (Fsp3) is 0.250. The van der Waals surface area contributed by atoms with Gasteiger partial charge in [0.25, 0.3) is 0 Å². The molecule has 0 aromatic carbocycles. The number of rotatable bonds is 4. The van der Waals surface area contributed by atoms with Gasteiger partial charge < -0.3 is 9.73 Å².